The average Bonchev–Trinajstić information content (AvgIpc) is 2.87. The molecule has 118 valence electrons. The van der Waals surface area contributed by atoms with E-state index in [4.69, 9.17) is 11.6 Å². The predicted octanol–water partition coefficient (Wildman–Crippen LogP) is 1.55. The first-order valence-electron chi connectivity index (χ1n) is 6.70. The summed E-state index contributed by atoms with van der Waals surface area (Å²) < 4.78 is 28.3. The molecule has 23 heavy (non-hydrogen) atoms. The summed E-state index contributed by atoms with van der Waals surface area (Å²) in [5, 5.41) is 4.70. The van der Waals surface area contributed by atoms with Crippen molar-refractivity contribution in [3.05, 3.63) is 59.3 Å². The summed E-state index contributed by atoms with van der Waals surface area (Å²) in [5.41, 5.74) is 9.13. The SMILES string of the molecule is NNC(=O)c1nn(Cc2ccc(F)cc2F)c2cc(N)ccc12. The second-order valence-electron chi connectivity index (χ2n) is 4.99. The Hall–Kier alpha value is -3.00. The van der Waals surface area contributed by atoms with Gasteiger partial charge in [-0.25, -0.2) is 14.6 Å². The van der Waals surface area contributed by atoms with E-state index in [2.05, 4.69) is 5.10 Å². The number of hydrogen-bond donors (Lipinski definition) is 3. The van der Waals surface area contributed by atoms with Gasteiger partial charge >= 0.3 is 0 Å². The molecule has 0 atom stereocenters. The highest BCUT2D eigenvalue weighted by Crippen LogP contribution is 2.23. The lowest BCUT2D eigenvalue weighted by atomic mass is 10.1. The maximum atomic E-state index is 13.8. The third-order valence-electron chi connectivity index (χ3n) is 3.46. The summed E-state index contributed by atoms with van der Waals surface area (Å²) in [6.45, 7) is 0.0178. The molecule has 0 fully saturated rings. The van der Waals surface area contributed by atoms with Crippen LogP contribution < -0.4 is 17.0 Å². The number of rotatable bonds is 3. The van der Waals surface area contributed by atoms with Crippen molar-refractivity contribution in [3.8, 4) is 0 Å². The topological polar surface area (TPSA) is 99.0 Å². The van der Waals surface area contributed by atoms with Crippen molar-refractivity contribution in [2.24, 2.45) is 5.84 Å². The van der Waals surface area contributed by atoms with Crippen LogP contribution >= 0.6 is 0 Å². The van der Waals surface area contributed by atoms with Crippen molar-refractivity contribution in [1.29, 1.82) is 0 Å². The Bertz CT molecular complexity index is 906. The highest BCUT2D eigenvalue weighted by molar-refractivity contribution is 6.05. The number of nitrogens with two attached hydrogens (primary N) is 2. The summed E-state index contributed by atoms with van der Waals surface area (Å²) in [7, 11) is 0. The molecule has 0 aliphatic rings. The quantitative estimate of drug-likeness (QED) is 0.295. The minimum Gasteiger partial charge on any atom is -0.399 e. The van der Waals surface area contributed by atoms with Crippen LogP contribution in [0.4, 0.5) is 14.5 Å². The van der Waals surface area contributed by atoms with E-state index in [0.717, 1.165) is 12.1 Å². The number of fused-ring (bicyclic) bond motifs is 1. The minimum atomic E-state index is -0.692. The Morgan fingerprint density at radius 1 is 1.22 bits per heavy atom. The molecule has 0 spiro atoms. The zero-order valence-corrected chi connectivity index (χ0v) is 11.9. The van der Waals surface area contributed by atoms with Gasteiger partial charge < -0.3 is 5.73 Å². The average molecular weight is 317 g/mol. The highest BCUT2D eigenvalue weighted by atomic mass is 19.1. The van der Waals surface area contributed by atoms with E-state index >= 15 is 0 Å². The first-order valence-corrected chi connectivity index (χ1v) is 6.70. The van der Waals surface area contributed by atoms with Crippen molar-refractivity contribution < 1.29 is 13.6 Å². The molecule has 5 N–H and O–H groups in total. The van der Waals surface area contributed by atoms with Crippen LogP contribution in [0.3, 0.4) is 0 Å². The van der Waals surface area contributed by atoms with Gasteiger partial charge in [0, 0.05) is 22.7 Å². The number of nitrogens with one attached hydrogen (secondary N) is 1. The maximum Gasteiger partial charge on any atom is 0.286 e. The van der Waals surface area contributed by atoms with E-state index in [-0.39, 0.29) is 17.8 Å². The standard InChI is InChI=1S/C15H13F2N5O/c16-9-2-1-8(12(17)5-9)7-22-13-6-10(18)3-4-11(13)14(21-22)15(23)20-19/h1-6H,7,18-19H2,(H,20,23). The Morgan fingerprint density at radius 3 is 2.70 bits per heavy atom. The number of carbonyl (C=O) groups excluding carboxylic acids is 1. The van der Waals surface area contributed by atoms with Crippen molar-refractivity contribution in [3.63, 3.8) is 0 Å². The van der Waals surface area contributed by atoms with Gasteiger partial charge in [-0.3, -0.25) is 14.9 Å². The van der Waals surface area contributed by atoms with E-state index in [1.807, 2.05) is 5.43 Å². The summed E-state index contributed by atoms with van der Waals surface area (Å²) in [6, 6.07) is 8.17. The van der Waals surface area contributed by atoms with E-state index in [1.165, 1.54) is 10.7 Å². The summed E-state index contributed by atoms with van der Waals surface area (Å²) in [6.07, 6.45) is 0. The first kappa shape index (κ1) is 14.9. The van der Waals surface area contributed by atoms with Gasteiger partial charge in [-0.15, -0.1) is 0 Å². The van der Waals surface area contributed by atoms with Crippen molar-refractivity contribution in [2.45, 2.75) is 6.54 Å². The Kier molecular flexibility index (Phi) is 3.67. The molecular weight excluding hydrogens is 304 g/mol. The number of halogens is 2. The van der Waals surface area contributed by atoms with Gasteiger partial charge in [-0.2, -0.15) is 5.10 Å². The number of amides is 1. The Balaban J connectivity index is 2.13. The fraction of sp³-hybridized carbons (Fsp3) is 0.0667. The fourth-order valence-electron chi connectivity index (χ4n) is 2.36. The van der Waals surface area contributed by atoms with Gasteiger partial charge in [0.25, 0.3) is 5.91 Å². The Labute approximate surface area is 129 Å². The molecule has 8 heteroatoms. The van der Waals surface area contributed by atoms with Crippen LogP contribution in [-0.4, -0.2) is 15.7 Å². The highest BCUT2D eigenvalue weighted by Gasteiger charge is 2.17. The molecule has 0 aliphatic carbocycles. The zero-order chi connectivity index (χ0) is 16.6. The van der Waals surface area contributed by atoms with Crippen LogP contribution in [0.25, 0.3) is 10.9 Å². The lowest BCUT2D eigenvalue weighted by Gasteiger charge is -2.06. The van der Waals surface area contributed by atoms with Crippen molar-refractivity contribution in [1.82, 2.24) is 15.2 Å². The number of hydrogen-bond acceptors (Lipinski definition) is 4. The van der Waals surface area contributed by atoms with E-state index in [0.29, 0.717) is 16.6 Å². The minimum absolute atomic E-state index is 0.0178. The molecule has 1 amide bonds. The molecular formula is C15H13F2N5O. The van der Waals surface area contributed by atoms with Gasteiger partial charge in [0.15, 0.2) is 5.69 Å². The number of aromatic nitrogens is 2. The van der Waals surface area contributed by atoms with E-state index < -0.39 is 17.5 Å². The monoisotopic (exact) mass is 317 g/mol. The summed E-state index contributed by atoms with van der Waals surface area (Å²) >= 11 is 0. The van der Waals surface area contributed by atoms with Crippen LogP contribution in [0.15, 0.2) is 36.4 Å². The van der Waals surface area contributed by atoms with Crippen LogP contribution in [0.2, 0.25) is 0 Å². The molecule has 1 heterocycles. The molecule has 1 aromatic heterocycles. The van der Waals surface area contributed by atoms with Crippen LogP contribution in [0.1, 0.15) is 16.1 Å². The number of carbonyl (C=O) groups is 1. The summed E-state index contributed by atoms with van der Waals surface area (Å²) in [4.78, 5) is 11.8. The molecule has 0 bridgehead atoms. The molecule has 0 aliphatic heterocycles. The van der Waals surface area contributed by atoms with Crippen molar-refractivity contribution >= 4 is 22.5 Å². The molecule has 3 aromatic rings. The molecule has 0 radical (unpaired) electrons. The predicted molar refractivity (Wildman–Crippen MR) is 81.3 cm³/mol. The van der Waals surface area contributed by atoms with Gasteiger partial charge in [0.05, 0.1) is 12.1 Å². The van der Waals surface area contributed by atoms with Crippen LogP contribution in [0.5, 0.6) is 0 Å². The second-order valence-corrected chi connectivity index (χ2v) is 4.99. The second kappa shape index (κ2) is 5.65. The molecule has 6 nitrogen and oxygen atoms in total. The number of nitrogens with zero attached hydrogens (tertiary/aromatic N) is 2. The number of benzene rings is 2. The van der Waals surface area contributed by atoms with E-state index in [1.54, 1.807) is 18.2 Å². The molecule has 0 saturated heterocycles. The zero-order valence-electron chi connectivity index (χ0n) is 11.9. The van der Waals surface area contributed by atoms with Gasteiger partial charge in [-0.05, 0) is 24.3 Å². The normalized spacial score (nSPS) is 10.9. The van der Waals surface area contributed by atoms with Crippen LogP contribution in [0, 0.1) is 11.6 Å². The lowest BCUT2D eigenvalue weighted by molar-refractivity contribution is 0.0949. The first-order chi connectivity index (χ1) is 11.0. The van der Waals surface area contributed by atoms with Crippen LogP contribution in [-0.2, 0) is 6.54 Å². The fourth-order valence-corrected chi connectivity index (χ4v) is 2.36. The number of anilines is 1. The maximum absolute atomic E-state index is 13.8. The van der Waals surface area contributed by atoms with Gasteiger partial charge in [0.2, 0.25) is 0 Å². The third kappa shape index (κ3) is 2.71. The van der Waals surface area contributed by atoms with E-state index in [9.17, 15) is 13.6 Å². The Morgan fingerprint density at radius 2 is 2.00 bits per heavy atom. The van der Waals surface area contributed by atoms with Gasteiger partial charge in [0.1, 0.15) is 11.6 Å². The largest absolute Gasteiger partial charge is 0.399 e. The van der Waals surface area contributed by atoms with Gasteiger partial charge in [-0.1, -0.05) is 6.07 Å². The number of hydrazine groups is 1. The van der Waals surface area contributed by atoms with Crippen molar-refractivity contribution in [2.75, 3.05) is 5.73 Å². The lowest BCUT2D eigenvalue weighted by Crippen LogP contribution is -2.30. The third-order valence-corrected chi connectivity index (χ3v) is 3.46. The smallest absolute Gasteiger partial charge is 0.286 e. The summed E-state index contributed by atoms with van der Waals surface area (Å²) in [5.74, 6) is 3.23. The molecule has 2 aromatic carbocycles. The number of nitrogen functional groups attached to an aromatic ring is 2. The molecule has 0 saturated carbocycles. The molecule has 0 unspecified atom stereocenters. The molecule has 3 rings (SSSR count).